The normalized spacial score (nSPS) is 11.6. The van der Waals surface area contributed by atoms with Crippen LogP contribution in [0.4, 0.5) is 13.2 Å². The Morgan fingerprint density at radius 1 is 1.44 bits per heavy atom. The van der Waals surface area contributed by atoms with Crippen LogP contribution >= 0.6 is 0 Å². The van der Waals surface area contributed by atoms with Crippen molar-refractivity contribution in [2.24, 2.45) is 0 Å². The number of aliphatic hydroxyl groups excluding tert-OH is 1. The molecule has 1 rings (SSSR count). The molecule has 1 aromatic rings. The van der Waals surface area contributed by atoms with Crippen molar-refractivity contribution in [3.8, 4) is 0 Å². The summed E-state index contributed by atoms with van der Waals surface area (Å²) in [6.07, 6.45) is -1.96. The van der Waals surface area contributed by atoms with Gasteiger partial charge in [0.1, 0.15) is 19.2 Å². The second-order valence-electron chi connectivity index (χ2n) is 3.56. The third kappa shape index (κ3) is 5.13. The molecule has 0 radical (unpaired) electrons. The van der Waals surface area contributed by atoms with Crippen LogP contribution < -0.4 is 0 Å². The highest BCUT2D eigenvalue weighted by atomic mass is 19.4. The number of carbonyl (C=O) groups excluding carboxylic acids is 1. The minimum Gasteiger partial charge on any atom is -0.395 e. The van der Waals surface area contributed by atoms with Crippen molar-refractivity contribution >= 4 is 5.91 Å². The first kappa shape index (κ1) is 14.4. The lowest BCUT2D eigenvalue weighted by atomic mass is 10.3. The Hall–Kier alpha value is -1.64. The number of aromatic nitrogens is 3. The first-order valence-corrected chi connectivity index (χ1v) is 5.20. The van der Waals surface area contributed by atoms with Crippen molar-refractivity contribution in [1.82, 2.24) is 19.7 Å². The number of hydrogen-bond donors (Lipinski definition) is 1. The molecule has 0 unspecified atom stereocenters. The summed E-state index contributed by atoms with van der Waals surface area (Å²) >= 11 is 0. The predicted octanol–water partition coefficient (Wildman–Crippen LogP) is 0.0514. The van der Waals surface area contributed by atoms with Crippen LogP contribution in [0.3, 0.4) is 0 Å². The molecule has 0 bridgehead atoms. The van der Waals surface area contributed by atoms with Crippen molar-refractivity contribution in [1.29, 1.82) is 0 Å². The standard InChI is InChI=1S/C9H13F3N4O2/c10-9(11,12)5-15(3-4-17)8(18)1-2-16-7-13-6-14-16/h6-7,17H,1-5H2. The van der Waals surface area contributed by atoms with Crippen LogP contribution in [0, 0.1) is 0 Å². The summed E-state index contributed by atoms with van der Waals surface area (Å²) < 4.78 is 37.9. The van der Waals surface area contributed by atoms with E-state index in [2.05, 4.69) is 10.1 Å². The third-order valence-corrected chi connectivity index (χ3v) is 2.11. The molecule has 0 aliphatic heterocycles. The predicted molar refractivity (Wildman–Crippen MR) is 54.4 cm³/mol. The van der Waals surface area contributed by atoms with Gasteiger partial charge in [-0.25, -0.2) is 4.98 Å². The van der Waals surface area contributed by atoms with Gasteiger partial charge in [0.05, 0.1) is 13.2 Å². The van der Waals surface area contributed by atoms with Crippen molar-refractivity contribution in [3.05, 3.63) is 12.7 Å². The Balaban J connectivity index is 2.48. The summed E-state index contributed by atoms with van der Waals surface area (Å²) in [5, 5.41) is 12.4. The molecule has 0 spiro atoms. The summed E-state index contributed by atoms with van der Waals surface area (Å²) in [5.74, 6) is -0.683. The Bertz CT molecular complexity index is 366. The van der Waals surface area contributed by atoms with Crippen LogP contribution in [0.5, 0.6) is 0 Å². The van der Waals surface area contributed by atoms with Gasteiger partial charge in [0.15, 0.2) is 0 Å². The lowest BCUT2D eigenvalue weighted by Crippen LogP contribution is -2.41. The van der Waals surface area contributed by atoms with E-state index < -0.39 is 25.2 Å². The molecular weight excluding hydrogens is 253 g/mol. The first-order valence-electron chi connectivity index (χ1n) is 5.20. The number of nitrogens with zero attached hydrogens (tertiary/aromatic N) is 4. The highest BCUT2D eigenvalue weighted by molar-refractivity contribution is 5.76. The lowest BCUT2D eigenvalue weighted by molar-refractivity contribution is -0.162. The molecule has 0 saturated carbocycles. The molecule has 0 aliphatic carbocycles. The fourth-order valence-electron chi connectivity index (χ4n) is 1.35. The van der Waals surface area contributed by atoms with Gasteiger partial charge in [-0.2, -0.15) is 18.3 Å². The van der Waals surface area contributed by atoms with Gasteiger partial charge in [-0.3, -0.25) is 9.48 Å². The van der Waals surface area contributed by atoms with Gasteiger partial charge < -0.3 is 10.0 Å². The summed E-state index contributed by atoms with van der Waals surface area (Å²) in [4.78, 5) is 15.8. The van der Waals surface area contributed by atoms with Crippen molar-refractivity contribution in [2.75, 3.05) is 19.7 Å². The van der Waals surface area contributed by atoms with E-state index in [0.29, 0.717) is 4.90 Å². The van der Waals surface area contributed by atoms with E-state index in [1.54, 1.807) is 0 Å². The number of alkyl halides is 3. The molecule has 1 N–H and O–H groups in total. The monoisotopic (exact) mass is 266 g/mol. The van der Waals surface area contributed by atoms with Gasteiger partial charge in [0.25, 0.3) is 0 Å². The SMILES string of the molecule is O=C(CCn1cncn1)N(CCO)CC(F)(F)F. The maximum Gasteiger partial charge on any atom is 0.406 e. The Kier molecular flexibility index (Phi) is 5.08. The zero-order valence-corrected chi connectivity index (χ0v) is 9.47. The average Bonchev–Trinajstić information content (AvgIpc) is 2.76. The zero-order chi connectivity index (χ0) is 13.6. The number of rotatable bonds is 6. The zero-order valence-electron chi connectivity index (χ0n) is 9.47. The molecule has 1 aromatic heterocycles. The Morgan fingerprint density at radius 2 is 2.17 bits per heavy atom. The minimum atomic E-state index is -4.47. The van der Waals surface area contributed by atoms with Gasteiger partial charge >= 0.3 is 6.18 Å². The number of carbonyl (C=O) groups is 1. The van der Waals surface area contributed by atoms with Gasteiger partial charge in [0.2, 0.25) is 5.91 Å². The smallest absolute Gasteiger partial charge is 0.395 e. The molecule has 0 fully saturated rings. The first-order chi connectivity index (χ1) is 8.42. The number of amides is 1. The van der Waals surface area contributed by atoms with Crippen LogP contribution in [0.2, 0.25) is 0 Å². The van der Waals surface area contributed by atoms with Crippen molar-refractivity contribution in [2.45, 2.75) is 19.1 Å². The fraction of sp³-hybridized carbons (Fsp3) is 0.667. The maximum absolute atomic E-state index is 12.2. The van der Waals surface area contributed by atoms with Crippen LogP contribution in [0.25, 0.3) is 0 Å². The third-order valence-electron chi connectivity index (χ3n) is 2.11. The quantitative estimate of drug-likeness (QED) is 0.790. The van der Waals surface area contributed by atoms with E-state index >= 15 is 0 Å². The van der Waals surface area contributed by atoms with Gasteiger partial charge in [-0.05, 0) is 0 Å². The van der Waals surface area contributed by atoms with Crippen molar-refractivity contribution < 1.29 is 23.1 Å². The maximum atomic E-state index is 12.2. The molecule has 9 heteroatoms. The summed E-state index contributed by atoms with van der Waals surface area (Å²) in [6.45, 7) is -2.05. The van der Waals surface area contributed by atoms with E-state index in [4.69, 9.17) is 5.11 Å². The number of hydrogen-bond acceptors (Lipinski definition) is 4. The Morgan fingerprint density at radius 3 is 2.67 bits per heavy atom. The molecule has 102 valence electrons. The minimum absolute atomic E-state index is 0.126. The number of aryl methyl sites for hydroxylation is 1. The molecule has 0 atom stereocenters. The number of halogens is 3. The van der Waals surface area contributed by atoms with Gasteiger partial charge in [0, 0.05) is 13.0 Å². The molecule has 0 saturated heterocycles. The highest BCUT2D eigenvalue weighted by Crippen LogP contribution is 2.16. The van der Waals surface area contributed by atoms with E-state index in [1.807, 2.05) is 0 Å². The fourth-order valence-corrected chi connectivity index (χ4v) is 1.35. The summed E-state index contributed by atoms with van der Waals surface area (Å²) in [7, 11) is 0. The summed E-state index contributed by atoms with van der Waals surface area (Å²) in [5.41, 5.74) is 0. The molecule has 1 heterocycles. The van der Waals surface area contributed by atoms with E-state index in [-0.39, 0.29) is 19.5 Å². The second-order valence-corrected chi connectivity index (χ2v) is 3.56. The van der Waals surface area contributed by atoms with Crippen LogP contribution in [-0.4, -0.2) is 56.6 Å². The number of aliphatic hydroxyl groups is 1. The molecule has 18 heavy (non-hydrogen) atoms. The Labute approximate surface area is 101 Å². The van der Waals surface area contributed by atoms with Crippen LogP contribution in [-0.2, 0) is 11.3 Å². The molecule has 1 amide bonds. The molecule has 0 aliphatic rings. The van der Waals surface area contributed by atoms with Gasteiger partial charge in [-0.15, -0.1) is 0 Å². The molecular formula is C9H13F3N4O2. The van der Waals surface area contributed by atoms with Gasteiger partial charge in [-0.1, -0.05) is 0 Å². The van der Waals surface area contributed by atoms with Crippen LogP contribution in [0.1, 0.15) is 6.42 Å². The topological polar surface area (TPSA) is 71.2 Å². The highest BCUT2D eigenvalue weighted by Gasteiger charge is 2.32. The molecule has 0 aromatic carbocycles. The van der Waals surface area contributed by atoms with E-state index in [9.17, 15) is 18.0 Å². The summed E-state index contributed by atoms with van der Waals surface area (Å²) in [6, 6.07) is 0. The van der Waals surface area contributed by atoms with Crippen LogP contribution in [0.15, 0.2) is 12.7 Å². The average molecular weight is 266 g/mol. The van der Waals surface area contributed by atoms with E-state index in [1.165, 1.54) is 17.3 Å². The largest absolute Gasteiger partial charge is 0.406 e. The second kappa shape index (κ2) is 6.34. The van der Waals surface area contributed by atoms with E-state index in [0.717, 1.165) is 0 Å². The lowest BCUT2D eigenvalue weighted by Gasteiger charge is -2.23. The molecule has 6 nitrogen and oxygen atoms in total. The van der Waals surface area contributed by atoms with Crippen molar-refractivity contribution in [3.63, 3.8) is 0 Å².